The maximum Gasteiger partial charge on any atom is 0.0308 e. The van der Waals surface area contributed by atoms with Crippen LogP contribution in [0, 0.1) is 11.8 Å². The van der Waals surface area contributed by atoms with E-state index in [0.29, 0.717) is 5.54 Å². The molecule has 122 valence electrons. The summed E-state index contributed by atoms with van der Waals surface area (Å²) in [6.45, 7) is 7.68. The Morgan fingerprint density at radius 3 is 2.38 bits per heavy atom. The van der Waals surface area contributed by atoms with Gasteiger partial charge in [0.05, 0.1) is 0 Å². The lowest BCUT2D eigenvalue weighted by Gasteiger charge is -2.41. The molecule has 0 bridgehead atoms. The van der Waals surface area contributed by atoms with Crippen molar-refractivity contribution < 1.29 is 0 Å². The highest BCUT2D eigenvalue weighted by Crippen LogP contribution is 2.33. The second kappa shape index (κ2) is 7.46. The molecule has 0 unspecified atom stereocenters. The minimum Gasteiger partial charge on any atom is -0.310 e. The molecule has 0 aromatic carbocycles. The van der Waals surface area contributed by atoms with Crippen LogP contribution >= 0.6 is 0 Å². The zero-order valence-electron chi connectivity index (χ0n) is 14.2. The van der Waals surface area contributed by atoms with Crippen LogP contribution in [0.5, 0.6) is 0 Å². The monoisotopic (exact) mass is 292 g/mol. The summed E-state index contributed by atoms with van der Waals surface area (Å²) in [6, 6.07) is 0. The summed E-state index contributed by atoms with van der Waals surface area (Å²) in [5.74, 6) is 2.03. The van der Waals surface area contributed by atoms with Crippen molar-refractivity contribution in [1.82, 2.24) is 10.2 Å². The lowest BCUT2D eigenvalue weighted by molar-refractivity contribution is 0.131. The van der Waals surface area contributed by atoms with Crippen molar-refractivity contribution in [2.75, 3.05) is 26.2 Å². The van der Waals surface area contributed by atoms with Crippen LogP contribution in [0.15, 0.2) is 0 Å². The highest BCUT2D eigenvalue weighted by molar-refractivity contribution is 4.95. The predicted molar refractivity (Wildman–Crippen MR) is 90.6 cm³/mol. The molecule has 3 rings (SSSR count). The van der Waals surface area contributed by atoms with Gasteiger partial charge >= 0.3 is 0 Å². The van der Waals surface area contributed by atoms with Crippen LogP contribution in [0.25, 0.3) is 0 Å². The van der Waals surface area contributed by atoms with Gasteiger partial charge in [-0.2, -0.15) is 0 Å². The predicted octanol–water partition coefficient (Wildman–Crippen LogP) is 4.20. The third-order valence-electron chi connectivity index (χ3n) is 6.55. The maximum absolute atomic E-state index is 3.94. The Labute approximate surface area is 132 Å². The number of rotatable bonds is 3. The summed E-state index contributed by atoms with van der Waals surface area (Å²) < 4.78 is 0. The number of hydrogen-bond donors (Lipinski definition) is 1. The van der Waals surface area contributed by atoms with Gasteiger partial charge in [-0.15, -0.1) is 0 Å². The van der Waals surface area contributed by atoms with Crippen molar-refractivity contribution in [1.29, 1.82) is 0 Å². The minimum absolute atomic E-state index is 0.482. The van der Waals surface area contributed by atoms with Crippen molar-refractivity contribution in [3.05, 3.63) is 0 Å². The van der Waals surface area contributed by atoms with E-state index in [4.69, 9.17) is 0 Å². The van der Waals surface area contributed by atoms with E-state index >= 15 is 0 Å². The van der Waals surface area contributed by atoms with E-state index in [1.54, 1.807) is 0 Å². The van der Waals surface area contributed by atoms with Gasteiger partial charge < -0.3 is 10.2 Å². The Bertz CT molecular complexity index is 301. The molecule has 0 aromatic heterocycles. The molecule has 2 aliphatic carbocycles. The van der Waals surface area contributed by atoms with Gasteiger partial charge in [0.25, 0.3) is 0 Å². The maximum atomic E-state index is 3.94. The van der Waals surface area contributed by atoms with Gasteiger partial charge in [0.15, 0.2) is 0 Å². The van der Waals surface area contributed by atoms with E-state index in [-0.39, 0.29) is 0 Å². The molecule has 0 radical (unpaired) electrons. The van der Waals surface area contributed by atoms with Crippen LogP contribution in [0.3, 0.4) is 0 Å². The first-order valence-corrected chi connectivity index (χ1v) is 9.77. The summed E-state index contributed by atoms with van der Waals surface area (Å²) in [5, 5.41) is 3.94. The van der Waals surface area contributed by atoms with Gasteiger partial charge in [0, 0.05) is 18.6 Å². The van der Waals surface area contributed by atoms with E-state index in [2.05, 4.69) is 17.1 Å². The molecule has 0 atom stereocenters. The van der Waals surface area contributed by atoms with Crippen LogP contribution in [0.2, 0.25) is 0 Å². The van der Waals surface area contributed by atoms with Crippen molar-refractivity contribution in [3.8, 4) is 0 Å². The fourth-order valence-corrected chi connectivity index (χ4v) is 5.13. The first kappa shape index (κ1) is 15.8. The van der Waals surface area contributed by atoms with Gasteiger partial charge in [-0.05, 0) is 57.0 Å². The number of nitrogens with one attached hydrogen (secondary N) is 1. The highest BCUT2D eigenvalue weighted by Gasteiger charge is 2.35. The Balaban J connectivity index is 1.52. The van der Waals surface area contributed by atoms with Gasteiger partial charge in [0.1, 0.15) is 0 Å². The normalized spacial score (nSPS) is 34.7. The van der Waals surface area contributed by atoms with Gasteiger partial charge in [-0.3, -0.25) is 0 Å². The van der Waals surface area contributed by atoms with Gasteiger partial charge in [0.2, 0.25) is 0 Å². The van der Waals surface area contributed by atoms with Gasteiger partial charge in [-0.1, -0.05) is 45.4 Å². The standard InChI is InChI=1S/C19H36N2/c1-2-17-7-9-18(10-8-17)15-21-14-6-13-20-19(16-21)11-4-3-5-12-19/h17-18,20H,2-16H2,1H3. The number of hydrogen-bond acceptors (Lipinski definition) is 2. The third-order valence-corrected chi connectivity index (χ3v) is 6.55. The lowest BCUT2D eigenvalue weighted by Crippen LogP contribution is -2.53. The molecule has 1 heterocycles. The van der Waals surface area contributed by atoms with E-state index < -0.39 is 0 Å². The smallest absolute Gasteiger partial charge is 0.0308 e. The summed E-state index contributed by atoms with van der Waals surface area (Å²) >= 11 is 0. The largest absolute Gasteiger partial charge is 0.310 e. The topological polar surface area (TPSA) is 15.3 Å². The highest BCUT2D eigenvalue weighted by atomic mass is 15.2. The summed E-state index contributed by atoms with van der Waals surface area (Å²) in [7, 11) is 0. The molecule has 1 spiro atoms. The first-order chi connectivity index (χ1) is 10.3. The average Bonchev–Trinajstić information content (AvgIpc) is 2.71. The molecule has 1 N–H and O–H groups in total. The van der Waals surface area contributed by atoms with Crippen molar-refractivity contribution >= 4 is 0 Å². The van der Waals surface area contributed by atoms with Crippen LogP contribution in [0.4, 0.5) is 0 Å². The molecule has 1 saturated heterocycles. The first-order valence-electron chi connectivity index (χ1n) is 9.77. The average molecular weight is 293 g/mol. The molecular weight excluding hydrogens is 256 g/mol. The van der Waals surface area contributed by atoms with Crippen LogP contribution in [0.1, 0.15) is 77.6 Å². The van der Waals surface area contributed by atoms with Crippen LogP contribution < -0.4 is 5.32 Å². The molecule has 0 amide bonds. The van der Waals surface area contributed by atoms with Crippen molar-refractivity contribution in [2.24, 2.45) is 11.8 Å². The number of nitrogens with zero attached hydrogens (tertiary/aromatic N) is 1. The van der Waals surface area contributed by atoms with E-state index in [9.17, 15) is 0 Å². The van der Waals surface area contributed by atoms with Crippen LogP contribution in [-0.2, 0) is 0 Å². The Morgan fingerprint density at radius 2 is 1.67 bits per heavy atom. The zero-order chi connectivity index (χ0) is 14.5. The van der Waals surface area contributed by atoms with E-state index in [1.807, 2.05) is 0 Å². The van der Waals surface area contributed by atoms with Gasteiger partial charge in [-0.25, -0.2) is 0 Å². The molecule has 21 heavy (non-hydrogen) atoms. The molecular formula is C19H36N2. The quantitative estimate of drug-likeness (QED) is 0.838. The fourth-order valence-electron chi connectivity index (χ4n) is 5.13. The minimum atomic E-state index is 0.482. The molecule has 2 saturated carbocycles. The molecule has 2 heteroatoms. The molecule has 3 aliphatic rings. The lowest BCUT2D eigenvalue weighted by atomic mass is 9.79. The third kappa shape index (κ3) is 4.22. The summed E-state index contributed by atoms with van der Waals surface area (Å²) in [4.78, 5) is 2.84. The summed E-state index contributed by atoms with van der Waals surface area (Å²) in [5.41, 5.74) is 0.482. The van der Waals surface area contributed by atoms with E-state index in [0.717, 1.165) is 11.8 Å². The molecule has 0 aromatic rings. The Kier molecular flexibility index (Phi) is 5.61. The second-order valence-electron chi connectivity index (χ2n) is 8.15. The molecule has 1 aliphatic heterocycles. The molecule has 2 nitrogen and oxygen atoms in total. The Morgan fingerprint density at radius 1 is 0.952 bits per heavy atom. The zero-order valence-corrected chi connectivity index (χ0v) is 14.2. The van der Waals surface area contributed by atoms with E-state index in [1.165, 1.54) is 96.8 Å². The molecule has 3 fully saturated rings. The SMILES string of the molecule is CCC1CCC(CN2CCCNC3(CCCCC3)C2)CC1. The summed E-state index contributed by atoms with van der Waals surface area (Å²) in [6.07, 6.45) is 15.9. The van der Waals surface area contributed by atoms with Crippen molar-refractivity contribution in [3.63, 3.8) is 0 Å². The van der Waals surface area contributed by atoms with Crippen molar-refractivity contribution in [2.45, 2.75) is 83.1 Å². The fraction of sp³-hybridized carbons (Fsp3) is 1.00. The Hall–Kier alpha value is -0.0800. The second-order valence-corrected chi connectivity index (χ2v) is 8.15. The van der Waals surface area contributed by atoms with Crippen LogP contribution in [-0.4, -0.2) is 36.6 Å².